The summed E-state index contributed by atoms with van der Waals surface area (Å²) < 4.78 is 23.5. The van der Waals surface area contributed by atoms with E-state index >= 15 is 0 Å². The van der Waals surface area contributed by atoms with Gasteiger partial charge in [0.1, 0.15) is 36.1 Å². The van der Waals surface area contributed by atoms with Gasteiger partial charge in [-0.2, -0.15) is 0 Å². The van der Waals surface area contributed by atoms with E-state index in [1.165, 1.54) is 6.92 Å². The minimum absolute atomic E-state index is 0.00182. The maximum absolute atomic E-state index is 12.7. The predicted octanol–water partition coefficient (Wildman–Crippen LogP) is -6.14. The maximum atomic E-state index is 12.7. The zero-order valence-corrected chi connectivity index (χ0v) is 22.3. The molecule has 15 N–H and O–H groups in total. The molecule has 3 aliphatic rings. The number of ether oxygens (including phenoxy) is 4. The Hall–Kier alpha value is -1.09. The lowest BCUT2D eigenvalue weighted by Crippen LogP contribution is -2.69. The molecule has 16 nitrogen and oxygen atoms in total. The van der Waals surface area contributed by atoms with Crippen LogP contribution in [0.25, 0.3) is 0 Å². The van der Waals surface area contributed by atoms with Crippen molar-refractivity contribution in [1.82, 2.24) is 10.6 Å². The van der Waals surface area contributed by atoms with Gasteiger partial charge < -0.3 is 78.0 Å². The molecule has 0 radical (unpaired) electrons. The van der Waals surface area contributed by atoms with Crippen LogP contribution in [-0.2, 0) is 23.7 Å². The van der Waals surface area contributed by atoms with Crippen LogP contribution in [0, 0.1) is 0 Å². The van der Waals surface area contributed by atoms with Crippen LogP contribution < -0.4 is 33.6 Å². The van der Waals surface area contributed by atoms with Crippen molar-refractivity contribution >= 4 is 5.91 Å². The fourth-order valence-electron chi connectivity index (χ4n) is 5.36. The predicted molar refractivity (Wildman–Crippen MR) is 135 cm³/mol. The molecule has 6 unspecified atom stereocenters. The monoisotopic (exact) mass is 566 g/mol. The molecule has 1 saturated carbocycles. The lowest BCUT2D eigenvalue weighted by molar-refractivity contribution is -0.307. The minimum atomic E-state index is -1.85. The highest BCUT2D eigenvalue weighted by Gasteiger charge is 2.52. The Morgan fingerprint density at radius 1 is 1.08 bits per heavy atom. The van der Waals surface area contributed by atoms with Crippen LogP contribution in [0.2, 0.25) is 0 Å². The number of nitrogens with one attached hydrogen (secondary N) is 2. The second kappa shape index (κ2) is 13.7. The highest BCUT2D eigenvalue weighted by Crippen LogP contribution is 2.32. The van der Waals surface area contributed by atoms with Gasteiger partial charge in [-0.1, -0.05) is 0 Å². The van der Waals surface area contributed by atoms with Crippen LogP contribution in [0.15, 0.2) is 0 Å². The van der Waals surface area contributed by atoms with E-state index in [1.54, 1.807) is 7.05 Å². The third-order valence-corrected chi connectivity index (χ3v) is 7.70. The largest absolute Gasteiger partial charge is 0.389 e. The van der Waals surface area contributed by atoms with Gasteiger partial charge in [-0.15, -0.1) is 0 Å². The number of aliphatic hydroxyl groups is 5. The molecule has 0 aromatic heterocycles. The van der Waals surface area contributed by atoms with Crippen molar-refractivity contribution in [1.29, 1.82) is 0 Å². The molecule has 1 aliphatic carbocycles. The second-order valence-electron chi connectivity index (χ2n) is 10.9. The maximum Gasteiger partial charge on any atom is 0.251 e. The second-order valence-corrected chi connectivity index (χ2v) is 10.9. The van der Waals surface area contributed by atoms with Crippen LogP contribution in [0.5, 0.6) is 0 Å². The Bertz CT molecular complexity index is 798. The zero-order chi connectivity index (χ0) is 29.1. The first-order chi connectivity index (χ1) is 18.3. The molecular weight excluding hydrogens is 520 g/mol. The van der Waals surface area contributed by atoms with Crippen molar-refractivity contribution in [2.45, 2.75) is 111 Å². The summed E-state index contributed by atoms with van der Waals surface area (Å²) in [5.74, 6) is -0.963. The van der Waals surface area contributed by atoms with E-state index in [4.69, 9.17) is 41.9 Å². The van der Waals surface area contributed by atoms with Gasteiger partial charge >= 0.3 is 0 Å². The molecule has 2 heterocycles. The number of hydrogen-bond donors (Lipinski definition) is 11. The number of hydrogen-bond acceptors (Lipinski definition) is 15. The summed E-state index contributed by atoms with van der Waals surface area (Å²) in [4.78, 5) is 12.7. The molecule has 14 atom stereocenters. The first-order valence-corrected chi connectivity index (χ1v) is 13.3. The van der Waals surface area contributed by atoms with Gasteiger partial charge in [-0.25, -0.2) is 0 Å². The average molecular weight is 567 g/mol. The Balaban J connectivity index is 1.83. The van der Waals surface area contributed by atoms with Gasteiger partial charge in [-0.3, -0.25) is 4.79 Å². The molecule has 1 amide bonds. The molecule has 0 bridgehead atoms. The molecule has 228 valence electrons. The number of amides is 1. The van der Waals surface area contributed by atoms with Gasteiger partial charge in [0.2, 0.25) is 0 Å². The van der Waals surface area contributed by atoms with Gasteiger partial charge in [-0.05, 0) is 33.2 Å². The third-order valence-electron chi connectivity index (χ3n) is 7.70. The number of likely N-dealkylation sites (N-methyl/N-ethyl adjacent to an activating group) is 1. The van der Waals surface area contributed by atoms with Gasteiger partial charge in [0.25, 0.3) is 5.91 Å². The molecule has 0 aromatic carbocycles. The summed E-state index contributed by atoms with van der Waals surface area (Å²) >= 11 is 0. The van der Waals surface area contributed by atoms with Crippen molar-refractivity contribution in [3.05, 3.63) is 0 Å². The molecule has 16 heteroatoms. The lowest BCUT2D eigenvalue weighted by atomic mass is 9.83. The fraction of sp³-hybridized carbons (Fsp3) is 0.957. The summed E-state index contributed by atoms with van der Waals surface area (Å²) in [7, 11) is 1.55. The van der Waals surface area contributed by atoms with E-state index in [0.717, 1.165) is 0 Å². The number of aliphatic hydroxyl groups excluding tert-OH is 4. The zero-order valence-electron chi connectivity index (χ0n) is 22.3. The summed E-state index contributed by atoms with van der Waals surface area (Å²) in [6.45, 7) is 1.18. The third kappa shape index (κ3) is 7.41. The highest BCUT2D eigenvalue weighted by atomic mass is 16.7. The molecule has 3 rings (SSSR count). The van der Waals surface area contributed by atoms with E-state index in [1.807, 2.05) is 0 Å². The molecule has 3 fully saturated rings. The highest BCUT2D eigenvalue weighted by molar-refractivity contribution is 5.81. The first kappa shape index (κ1) is 32.4. The Morgan fingerprint density at radius 3 is 2.36 bits per heavy atom. The van der Waals surface area contributed by atoms with Crippen LogP contribution >= 0.6 is 0 Å². The van der Waals surface area contributed by atoms with Gasteiger partial charge in [0.05, 0.1) is 30.8 Å². The standard InChI is InChI=1S/C23H46N6O10/c1-23(35)8-36-22(16(33)19(23)28-2)39-18-12(29-20(34)14(31)13(30)7-25)5-11(27)17(15(18)32)38-21-10(26)4-3-9(6-24)37-21/h9-19,21-22,28,30-33,35H,3-8,24-27H2,1-2H3,(H,29,34)/t9-,10?,11-,12+,13-,14-,15?,16?,17?,18?,19+,21+,22+,23?/m0/s1. The van der Waals surface area contributed by atoms with Crippen LogP contribution in [0.4, 0.5) is 0 Å². The van der Waals surface area contributed by atoms with Crippen LogP contribution in [0.1, 0.15) is 26.2 Å². The molecule has 2 saturated heterocycles. The smallest absolute Gasteiger partial charge is 0.251 e. The van der Waals surface area contributed by atoms with Crippen molar-refractivity contribution < 1.29 is 49.3 Å². The Morgan fingerprint density at radius 2 is 1.74 bits per heavy atom. The molecular formula is C23H46N6O10. The van der Waals surface area contributed by atoms with E-state index < -0.39 is 84.9 Å². The van der Waals surface area contributed by atoms with Gasteiger partial charge in [0, 0.05) is 19.1 Å². The Kier molecular flexibility index (Phi) is 11.4. The first-order valence-electron chi connectivity index (χ1n) is 13.3. The number of nitrogens with two attached hydrogens (primary N) is 4. The topological polar surface area (TPSA) is 283 Å². The quantitative estimate of drug-likeness (QED) is 0.117. The normalized spacial score (nSPS) is 44.9. The Labute approximate surface area is 227 Å². The molecule has 39 heavy (non-hydrogen) atoms. The van der Waals surface area contributed by atoms with Crippen LogP contribution in [0.3, 0.4) is 0 Å². The van der Waals surface area contributed by atoms with Crippen molar-refractivity contribution in [2.24, 2.45) is 22.9 Å². The SMILES string of the molecule is CN[C@@H]1C(O)[C@@H](OC2C(O)C(O[C@H]3O[C@H](CN)CCC3N)[C@@H](N)C[C@H]2NC(=O)[C@@H](O)[C@@H](O)CN)OCC1(C)O. The fourth-order valence-corrected chi connectivity index (χ4v) is 5.36. The van der Waals surface area contributed by atoms with E-state index in [0.29, 0.717) is 12.8 Å². The summed E-state index contributed by atoms with van der Waals surface area (Å²) in [5, 5.41) is 58.2. The number of carbonyl (C=O) groups is 1. The van der Waals surface area contributed by atoms with Crippen LogP contribution in [-0.4, -0.2) is 143 Å². The minimum Gasteiger partial charge on any atom is -0.389 e. The number of carbonyl (C=O) groups excluding carboxylic acids is 1. The molecule has 0 spiro atoms. The number of rotatable bonds is 10. The van der Waals surface area contributed by atoms with E-state index in [-0.39, 0.29) is 32.2 Å². The molecule has 0 aromatic rings. The van der Waals surface area contributed by atoms with Crippen molar-refractivity contribution in [3.8, 4) is 0 Å². The van der Waals surface area contributed by atoms with Crippen molar-refractivity contribution in [2.75, 3.05) is 26.7 Å². The van der Waals surface area contributed by atoms with E-state index in [9.17, 15) is 30.3 Å². The van der Waals surface area contributed by atoms with Gasteiger partial charge in [0.15, 0.2) is 18.7 Å². The average Bonchev–Trinajstić information content (AvgIpc) is 2.89. The van der Waals surface area contributed by atoms with E-state index in [2.05, 4.69) is 10.6 Å². The van der Waals surface area contributed by atoms with Crippen molar-refractivity contribution in [3.63, 3.8) is 0 Å². The molecule has 2 aliphatic heterocycles. The lowest BCUT2D eigenvalue weighted by Gasteiger charge is -2.49. The summed E-state index contributed by atoms with van der Waals surface area (Å²) in [6, 6.07) is -3.20. The summed E-state index contributed by atoms with van der Waals surface area (Å²) in [6.07, 6.45) is -9.86. The summed E-state index contributed by atoms with van der Waals surface area (Å²) in [5.41, 5.74) is 22.2.